The number of hydrogen-bond acceptors (Lipinski definition) is 9. The molecule has 2 heterocycles. The number of nitrogens with one attached hydrogen (secondary N) is 2. The molecule has 0 spiro atoms. The maximum atomic E-state index is 15.7. The third-order valence-corrected chi connectivity index (χ3v) is 5.57. The maximum Gasteiger partial charge on any atom is 0.407 e. The van der Waals surface area contributed by atoms with Gasteiger partial charge in [-0.05, 0) is 45.6 Å². The Morgan fingerprint density at radius 3 is 2.61 bits per heavy atom. The number of nitrogens with zero attached hydrogens (tertiary/aromatic N) is 4. The maximum absolute atomic E-state index is 15.7. The van der Waals surface area contributed by atoms with Gasteiger partial charge in [-0.2, -0.15) is 0 Å². The fourth-order valence-electron chi connectivity index (χ4n) is 3.66. The van der Waals surface area contributed by atoms with Gasteiger partial charge in [0, 0.05) is 30.3 Å². The lowest BCUT2D eigenvalue weighted by molar-refractivity contribution is 0.0530. The van der Waals surface area contributed by atoms with Crippen LogP contribution < -0.4 is 21.1 Å². The van der Waals surface area contributed by atoms with Gasteiger partial charge in [-0.1, -0.05) is 12.5 Å². The fourth-order valence-corrected chi connectivity index (χ4v) is 3.66. The summed E-state index contributed by atoms with van der Waals surface area (Å²) < 4.78 is 26.9. The highest BCUT2D eigenvalue weighted by atomic mass is 19.1. The van der Waals surface area contributed by atoms with Crippen molar-refractivity contribution in [2.75, 3.05) is 24.1 Å². The predicted octanol–water partition coefficient (Wildman–Crippen LogP) is 4.65. The number of nitrogen functional groups attached to an aromatic ring is 1. The zero-order chi connectivity index (χ0) is 25.7. The average molecular weight is 496 g/mol. The van der Waals surface area contributed by atoms with Crippen LogP contribution in [-0.2, 0) is 4.74 Å². The minimum atomic E-state index is -0.568. The minimum Gasteiger partial charge on any atom is -0.444 e. The van der Waals surface area contributed by atoms with E-state index in [4.69, 9.17) is 15.2 Å². The van der Waals surface area contributed by atoms with Crippen LogP contribution in [-0.4, -0.2) is 44.7 Å². The van der Waals surface area contributed by atoms with Crippen molar-refractivity contribution >= 4 is 17.7 Å². The van der Waals surface area contributed by atoms with Crippen molar-refractivity contribution in [3.05, 3.63) is 48.3 Å². The van der Waals surface area contributed by atoms with E-state index in [9.17, 15) is 4.79 Å². The fraction of sp³-hybridized carbons (Fsp3) is 0.400. The largest absolute Gasteiger partial charge is 0.444 e. The number of ether oxygens (including phenoxy) is 2. The number of amides is 1. The Bertz CT molecular complexity index is 1210. The Kier molecular flexibility index (Phi) is 7.47. The molecule has 1 aliphatic carbocycles. The molecule has 4 rings (SSSR count). The highest BCUT2D eigenvalue weighted by molar-refractivity contribution is 5.67. The van der Waals surface area contributed by atoms with Crippen LogP contribution in [0.1, 0.15) is 51.5 Å². The van der Waals surface area contributed by atoms with Crippen molar-refractivity contribution in [2.24, 2.45) is 0 Å². The highest BCUT2D eigenvalue weighted by Gasteiger charge is 2.27. The molecule has 0 aliphatic heterocycles. The number of nitrogens with two attached hydrogens (primary N) is 1. The van der Waals surface area contributed by atoms with E-state index in [2.05, 4.69) is 30.6 Å². The molecule has 1 saturated carbocycles. The van der Waals surface area contributed by atoms with E-state index >= 15 is 4.39 Å². The number of hydrogen-bond donors (Lipinski definition) is 3. The first kappa shape index (κ1) is 25.1. The predicted molar refractivity (Wildman–Crippen MR) is 133 cm³/mol. The first-order valence-electron chi connectivity index (χ1n) is 11.8. The van der Waals surface area contributed by atoms with Gasteiger partial charge in [-0.3, -0.25) is 4.98 Å². The molecule has 0 radical (unpaired) electrons. The van der Waals surface area contributed by atoms with E-state index in [0.29, 0.717) is 24.6 Å². The van der Waals surface area contributed by atoms with E-state index in [1.54, 1.807) is 32.9 Å². The lowest BCUT2D eigenvalue weighted by atomic mass is 9.79. The molecule has 0 unspecified atom stereocenters. The molecule has 0 saturated heterocycles. The van der Waals surface area contributed by atoms with Crippen LogP contribution in [0.3, 0.4) is 0 Å². The SMILES string of the molecule is CC(C)(C)OC(=O)NCCNc1cc(Oc2c(C3CCC3)ccc(-c3cnc(N)cn3)c2F)ncn1. The first-order chi connectivity index (χ1) is 17.2. The summed E-state index contributed by atoms with van der Waals surface area (Å²) in [5, 5.41) is 5.74. The van der Waals surface area contributed by atoms with Gasteiger partial charge in [0.1, 0.15) is 23.6 Å². The number of carbonyl (C=O) groups is 1. The normalized spacial score (nSPS) is 13.6. The standard InChI is InChI=1S/C25H30FN7O3/c1-25(2,3)36-24(34)29-10-9-28-20-11-21(33-14-32-20)35-23-16(15-5-4-6-15)7-8-17(22(23)26)18-12-31-19(27)13-30-18/h7-8,11-15H,4-6,9-10H2,1-3H3,(H2,27,31)(H,29,34)(H,28,32,33). The molecule has 0 bridgehead atoms. The topological polar surface area (TPSA) is 137 Å². The van der Waals surface area contributed by atoms with Gasteiger partial charge in [-0.25, -0.2) is 24.1 Å². The second-order valence-corrected chi connectivity index (χ2v) is 9.50. The number of halogens is 1. The zero-order valence-electron chi connectivity index (χ0n) is 20.5. The number of alkyl carbamates (subject to hydrolysis) is 1. The number of carbonyl (C=O) groups excluding carboxylic acids is 1. The summed E-state index contributed by atoms with van der Waals surface area (Å²) in [5.74, 6) is 0.716. The van der Waals surface area contributed by atoms with Crippen LogP contribution >= 0.6 is 0 Å². The summed E-state index contributed by atoms with van der Waals surface area (Å²) in [6.07, 6.45) is 6.68. The summed E-state index contributed by atoms with van der Waals surface area (Å²) >= 11 is 0. The van der Waals surface area contributed by atoms with Crippen molar-refractivity contribution in [1.29, 1.82) is 0 Å². The van der Waals surface area contributed by atoms with Gasteiger partial charge in [0.05, 0.1) is 18.1 Å². The number of aromatic nitrogens is 4. The van der Waals surface area contributed by atoms with E-state index in [1.807, 2.05) is 6.07 Å². The van der Waals surface area contributed by atoms with E-state index in [1.165, 1.54) is 18.7 Å². The summed E-state index contributed by atoms with van der Waals surface area (Å²) in [6, 6.07) is 5.14. The molecule has 1 amide bonds. The zero-order valence-corrected chi connectivity index (χ0v) is 20.5. The van der Waals surface area contributed by atoms with Crippen LogP contribution in [0, 0.1) is 5.82 Å². The Labute approximate surface area is 208 Å². The van der Waals surface area contributed by atoms with Crippen LogP contribution in [0.15, 0.2) is 36.9 Å². The number of benzene rings is 1. The smallest absolute Gasteiger partial charge is 0.407 e. The number of anilines is 2. The molecule has 36 heavy (non-hydrogen) atoms. The van der Waals surface area contributed by atoms with Crippen LogP contribution in [0.2, 0.25) is 0 Å². The summed E-state index contributed by atoms with van der Waals surface area (Å²) in [5.41, 5.74) is 6.47. The molecule has 1 fully saturated rings. The van der Waals surface area contributed by atoms with Crippen LogP contribution in [0.25, 0.3) is 11.3 Å². The molecule has 11 heteroatoms. The lowest BCUT2D eigenvalue weighted by Crippen LogP contribution is -2.35. The van der Waals surface area contributed by atoms with Gasteiger partial charge in [0.25, 0.3) is 0 Å². The molecule has 3 aromatic rings. The van der Waals surface area contributed by atoms with Crippen molar-refractivity contribution in [3.63, 3.8) is 0 Å². The second-order valence-electron chi connectivity index (χ2n) is 9.50. The minimum absolute atomic E-state index is 0.118. The van der Waals surface area contributed by atoms with Crippen molar-refractivity contribution in [3.8, 4) is 22.9 Å². The van der Waals surface area contributed by atoms with Gasteiger partial charge in [-0.15, -0.1) is 0 Å². The first-order valence-corrected chi connectivity index (χ1v) is 11.8. The third kappa shape index (κ3) is 6.35. The summed E-state index contributed by atoms with van der Waals surface area (Å²) in [6.45, 7) is 6.10. The van der Waals surface area contributed by atoms with Crippen molar-refractivity contribution in [1.82, 2.24) is 25.3 Å². The van der Waals surface area contributed by atoms with Crippen LogP contribution in [0.5, 0.6) is 11.6 Å². The highest BCUT2D eigenvalue weighted by Crippen LogP contribution is 2.44. The van der Waals surface area contributed by atoms with Gasteiger partial charge in [0.2, 0.25) is 5.88 Å². The van der Waals surface area contributed by atoms with E-state index < -0.39 is 17.5 Å². The van der Waals surface area contributed by atoms with Gasteiger partial charge < -0.3 is 25.8 Å². The lowest BCUT2D eigenvalue weighted by Gasteiger charge is -2.28. The molecule has 4 N–H and O–H groups in total. The Hall–Kier alpha value is -4.02. The molecule has 1 aromatic carbocycles. The van der Waals surface area contributed by atoms with E-state index in [-0.39, 0.29) is 28.9 Å². The molecular weight excluding hydrogens is 465 g/mol. The quantitative estimate of drug-likeness (QED) is 0.381. The summed E-state index contributed by atoms with van der Waals surface area (Å²) in [4.78, 5) is 28.3. The monoisotopic (exact) mass is 495 g/mol. The van der Waals surface area contributed by atoms with Crippen molar-refractivity contribution < 1.29 is 18.7 Å². The van der Waals surface area contributed by atoms with E-state index in [0.717, 1.165) is 24.8 Å². The number of rotatable bonds is 8. The Morgan fingerprint density at radius 2 is 1.94 bits per heavy atom. The molecule has 0 atom stereocenters. The molecule has 1 aliphatic rings. The third-order valence-electron chi connectivity index (χ3n) is 5.57. The Balaban J connectivity index is 1.48. The van der Waals surface area contributed by atoms with Gasteiger partial charge >= 0.3 is 6.09 Å². The molecule has 2 aromatic heterocycles. The van der Waals surface area contributed by atoms with Crippen LogP contribution in [0.4, 0.5) is 20.8 Å². The average Bonchev–Trinajstić information content (AvgIpc) is 2.78. The molecular formula is C25H30FN7O3. The molecule has 190 valence electrons. The second kappa shape index (κ2) is 10.7. The Morgan fingerprint density at radius 1 is 1.14 bits per heavy atom. The molecule has 10 nitrogen and oxygen atoms in total. The van der Waals surface area contributed by atoms with Gasteiger partial charge in [0.15, 0.2) is 11.6 Å². The van der Waals surface area contributed by atoms with Crippen molar-refractivity contribution in [2.45, 2.75) is 51.6 Å². The summed E-state index contributed by atoms with van der Waals surface area (Å²) in [7, 11) is 0.